The summed E-state index contributed by atoms with van der Waals surface area (Å²) in [7, 11) is -3.46. The van der Waals surface area contributed by atoms with Gasteiger partial charge in [-0.25, -0.2) is 13.1 Å². The van der Waals surface area contributed by atoms with Gasteiger partial charge in [-0.2, -0.15) is 4.31 Å². The van der Waals surface area contributed by atoms with Crippen molar-refractivity contribution < 1.29 is 17.3 Å². The van der Waals surface area contributed by atoms with Crippen molar-refractivity contribution >= 4 is 22.2 Å². The SMILES string of the molecule is O=S(=O)(c1ccccc1)N1CCN(Cn2nc(-c3ccco3)oc2=S)CC1. The summed E-state index contributed by atoms with van der Waals surface area (Å²) in [6.07, 6.45) is 1.54. The van der Waals surface area contributed by atoms with E-state index >= 15 is 0 Å². The Hall–Kier alpha value is -2.27. The largest absolute Gasteiger partial charge is 0.459 e. The van der Waals surface area contributed by atoms with Gasteiger partial charge >= 0.3 is 0 Å². The molecule has 142 valence electrons. The molecule has 0 saturated carbocycles. The lowest BCUT2D eigenvalue weighted by Gasteiger charge is -2.33. The maximum Gasteiger partial charge on any atom is 0.288 e. The molecule has 1 fully saturated rings. The van der Waals surface area contributed by atoms with Gasteiger partial charge in [0, 0.05) is 26.2 Å². The van der Waals surface area contributed by atoms with Crippen LogP contribution >= 0.6 is 12.2 Å². The fourth-order valence-corrected chi connectivity index (χ4v) is 4.56. The molecule has 4 rings (SSSR count). The van der Waals surface area contributed by atoms with E-state index in [1.54, 1.807) is 53.4 Å². The van der Waals surface area contributed by atoms with Gasteiger partial charge in [-0.05, 0) is 36.5 Å². The van der Waals surface area contributed by atoms with Crippen molar-refractivity contribution in [2.45, 2.75) is 11.6 Å². The van der Waals surface area contributed by atoms with Crippen LogP contribution in [0.15, 0.2) is 62.5 Å². The van der Waals surface area contributed by atoms with Gasteiger partial charge < -0.3 is 8.83 Å². The molecule has 3 heterocycles. The second-order valence-electron chi connectivity index (χ2n) is 6.13. The van der Waals surface area contributed by atoms with Gasteiger partial charge in [-0.15, -0.1) is 5.10 Å². The minimum atomic E-state index is -3.46. The van der Waals surface area contributed by atoms with E-state index in [0.29, 0.717) is 49.4 Å². The van der Waals surface area contributed by atoms with Crippen molar-refractivity contribution in [3.05, 3.63) is 53.6 Å². The van der Waals surface area contributed by atoms with Crippen molar-refractivity contribution in [1.82, 2.24) is 19.0 Å². The molecule has 8 nitrogen and oxygen atoms in total. The molecular weight excluding hydrogens is 388 g/mol. The van der Waals surface area contributed by atoms with E-state index in [4.69, 9.17) is 21.1 Å². The molecule has 3 aromatic rings. The van der Waals surface area contributed by atoms with Crippen LogP contribution in [0.5, 0.6) is 0 Å². The zero-order valence-electron chi connectivity index (χ0n) is 14.4. The molecule has 1 aromatic carbocycles. The summed E-state index contributed by atoms with van der Waals surface area (Å²) >= 11 is 5.22. The van der Waals surface area contributed by atoms with Gasteiger partial charge in [-0.3, -0.25) is 4.90 Å². The average molecular weight is 406 g/mol. The molecule has 27 heavy (non-hydrogen) atoms. The van der Waals surface area contributed by atoms with Crippen LogP contribution in [0.25, 0.3) is 11.7 Å². The third-order valence-corrected chi connectivity index (χ3v) is 6.59. The van der Waals surface area contributed by atoms with Gasteiger partial charge in [0.05, 0.1) is 17.8 Å². The van der Waals surface area contributed by atoms with Crippen LogP contribution in [0, 0.1) is 4.84 Å². The number of benzene rings is 1. The van der Waals surface area contributed by atoms with Gasteiger partial charge in [0.15, 0.2) is 5.76 Å². The predicted octanol–water partition coefficient (Wildman–Crippen LogP) is 2.43. The van der Waals surface area contributed by atoms with Crippen LogP contribution < -0.4 is 0 Å². The van der Waals surface area contributed by atoms with E-state index in [0.717, 1.165) is 0 Å². The van der Waals surface area contributed by atoms with Crippen LogP contribution in [0.4, 0.5) is 0 Å². The number of hydrogen-bond donors (Lipinski definition) is 0. The second kappa shape index (κ2) is 7.39. The Kier molecular flexibility index (Phi) is 4.96. The number of aromatic nitrogens is 2. The Morgan fingerprint density at radius 3 is 2.44 bits per heavy atom. The van der Waals surface area contributed by atoms with Gasteiger partial charge in [0.1, 0.15) is 0 Å². The van der Waals surface area contributed by atoms with Gasteiger partial charge in [0.2, 0.25) is 10.0 Å². The smallest absolute Gasteiger partial charge is 0.288 e. The summed E-state index contributed by atoms with van der Waals surface area (Å²) in [4.78, 5) is 2.65. The molecule has 0 amide bonds. The molecule has 0 bridgehead atoms. The summed E-state index contributed by atoms with van der Waals surface area (Å²) in [6, 6.07) is 12.0. The van der Waals surface area contributed by atoms with Crippen LogP contribution in [0.2, 0.25) is 0 Å². The number of rotatable bonds is 5. The molecule has 2 aromatic heterocycles. The Bertz CT molecular complexity index is 1050. The lowest BCUT2D eigenvalue weighted by atomic mass is 10.4. The number of hydrogen-bond acceptors (Lipinski definition) is 7. The van der Waals surface area contributed by atoms with E-state index in [1.807, 2.05) is 0 Å². The Morgan fingerprint density at radius 1 is 1.04 bits per heavy atom. The molecule has 0 radical (unpaired) electrons. The quantitative estimate of drug-likeness (QED) is 0.602. The van der Waals surface area contributed by atoms with E-state index in [9.17, 15) is 8.42 Å². The first-order valence-electron chi connectivity index (χ1n) is 8.43. The van der Waals surface area contributed by atoms with Crippen LogP contribution in [0.3, 0.4) is 0 Å². The molecule has 1 aliphatic rings. The number of sulfonamides is 1. The van der Waals surface area contributed by atoms with Crippen molar-refractivity contribution in [2.75, 3.05) is 26.2 Å². The van der Waals surface area contributed by atoms with Crippen molar-refractivity contribution in [2.24, 2.45) is 0 Å². The van der Waals surface area contributed by atoms with Crippen molar-refractivity contribution in [3.8, 4) is 11.7 Å². The molecule has 0 atom stereocenters. The summed E-state index contributed by atoms with van der Waals surface area (Å²) in [5, 5.41) is 4.34. The third kappa shape index (κ3) is 3.74. The molecule has 0 unspecified atom stereocenters. The average Bonchev–Trinajstić information content (AvgIpc) is 3.33. The standard InChI is InChI=1S/C17H18N4O4S2/c22-27(23,14-5-2-1-3-6-14)20-10-8-19(9-11-20)13-21-17(26)25-16(18-21)15-7-4-12-24-15/h1-7,12H,8-11,13H2. The molecular formula is C17H18N4O4S2. The first-order valence-corrected chi connectivity index (χ1v) is 10.3. The topological polar surface area (TPSA) is 84.7 Å². The fourth-order valence-electron chi connectivity index (χ4n) is 2.94. The Labute approximate surface area is 161 Å². The maximum absolute atomic E-state index is 12.7. The highest BCUT2D eigenvalue weighted by molar-refractivity contribution is 7.89. The highest BCUT2D eigenvalue weighted by atomic mass is 32.2. The molecule has 1 saturated heterocycles. The first kappa shape index (κ1) is 18.1. The van der Waals surface area contributed by atoms with Gasteiger partial charge in [0.25, 0.3) is 10.7 Å². The third-order valence-electron chi connectivity index (χ3n) is 4.38. The second-order valence-corrected chi connectivity index (χ2v) is 8.41. The molecule has 10 heteroatoms. The zero-order valence-corrected chi connectivity index (χ0v) is 16.0. The van der Waals surface area contributed by atoms with Crippen molar-refractivity contribution in [3.63, 3.8) is 0 Å². The maximum atomic E-state index is 12.7. The van der Waals surface area contributed by atoms with Crippen molar-refractivity contribution in [1.29, 1.82) is 0 Å². The van der Waals surface area contributed by atoms with E-state index in [1.165, 1.54) is 4.31 Å². The molecule has 0 spiro atoms. The van der Waals surface area contributed by atoms with E-state index < -0.39 is 10.0 Å². The highest BCUT2D eigenvalue weighted by Crippen LogP contribution is 2.20. The minimum absolute atomic E-state index is 0.251. The summed E-state index contributed by atoms with van der Waals surface area (Å²) < 4.78 is 39.2. The van der Waals surface area contributed by atoms with Gasteiger partial charge in [-0.1, -0.05) is 18.2 Å². The zero-order chi connectivity index (χ0) is 18.9. The normalized spacial score (nSPS) is 16.6. The lowest BCUT2D eigenvalue weighted by Crippen LogP contribution is -2.48. The predicted molar refractivity (Wildman–Crippen MR) is 99.8 cm³/mol. The summed E-state index contributed by atoms with van der Waals surface area (Å²) in [6.45, 7) is 2.41. The first-order chi connectivity index (χ1) is 13.0. The molecule has 0 N–H and O–H groups in total. The van der Waals surface area contributed by atoms with E-state index in [2.05, 4.69) is 10.00 Å². The Morgan fingerprint density at radius 2 is 1.78 bits per heavy atom. The molecule has 0 aliphatic carbocycles. The lowest BCUT2D eigenvalue weighted by molar-refractivity contribution is 0.143. The van der Waals surface area contributed by atoms with Crippen LogP contribution in [-0.4, -0.2) is 53.6 Å². The number of nitrogens with zero attached hydrogens (tertiary/aromatic N) is 4. The fraction of sp³-hybridized carbons (Fsp3) is 0.294. The molecule has 1 aliphatic heterocycles. The highest BCUT2D eigenvalue weighted by Gasteiger charge is 2.28. The number of piperazine rings is 1. The number of furan rings is 1. The van der Waals surface area contributed by atoms with E-state index in [-0.39, 0.29) is 4.84 Å². The van der Waals surface area contributed by atoms with Crippen LogP contribution in [0.1, 0.15) is 0 Å². The van der Waals surface area contributed by atoms with Crippen LogP contribution in [-0.2, 0) is 16.7 Å². The minimum Gasteiger partial charge on any atom is -0.459 e. The summed E-state index contributed by atoms with van der Waals surface area (Å²) in [5.74, 6) is 0.842. The summed E-state index contributed by atoms with van der Waals surface area (Å²) in [5.41, 5.74) is 0. The Balaban J connectivity index is 1.41. The monoisotopic (exact) mass is 406 g/mol.